The summed E-state index contributed by atoms with van der Waals surface area (Å²) in [5.41, 5.74) is 6.26. The van der Waals surface area contributed by atoms with Crippen LogP contribution in [0.25, 0.3) is 28.0 Å². The first-order valence-corrected chi connectivity index (χ1v) is 16.9. The minimum absolute atomic E-state index is 0.321. The van der Waals surface area contributed by atoms with Crippen LogP contribution in [0.3, 0.4) is 0 Å². The van der Waals surface area contributed by atoms with E-state index in [0.29, 0.717) is 54.3 Å². The number of aryl methyl sites for hydroxylation is 2. The molecule has 0 spiro atoms. The van der Waals surface area contributed by atoms with Crippen LogP contribution in [-0.4, -0.2) is 37.5 Å². The van der Waals surface area contributed by atoms with E-state index in [4.69, 9.17) is 18.9 Å². The highest BCUT2D eigenvalue weighted by molar-refractivity contribution is 7.24. The summed E-state index contributed by atoms with van der Waals surface area (Å²) in [7, 11) is 0. The first-order valence-electron chi connectivity index (χ1n) is 15.3. The summed E-state index contributed by atoms with van der Waals surface area (Å²) in [5.74, 6) is 0.897. The maximum Gasteiger partial charge on any atom is 0.346 e. The fourth-order valence-corrected chi connectivity index (χ4v) is 7.81. The van der Waals surface area contributed by atoms with E-state index in [0.717, 1.165) is 37.3 Å². The first kappa shape index (κ1) is 31.1. The Morgan fingerprint density at radius 2 is 1.12 bits per heavy atom. The molecular weight excluding hydrogens is 645 g/mol. The van der Waals surface area contributed by atoms with Crippen molar-refractivity contribution in [3.8, 4) is 38.8 Å². The normalized spacial score (nSPS) is 13.7. The smallest absolute Gasteiger partial charge is 0.346 e. The lowest BCUT2D eigenvalue weighted by molar-refractivity contribution is -0.132. The van der Waals surface area contributed by atoms with E-state index in [2.05, 4.69) is 91.5 Å². The number of fused-ring (bicyclic) bond motifs is 2. The van der Waals surface area contributed by atoms with Crippen LogP contribution in [0.15, 0.2) is 78.4 Å². The molecule has 0 saturated heterocycles. The number of carboxylic acids is 1. The van der Waals surface area contributed by atoms with E-state index in [1.807, 2.05) is 12.2 Å². The van der Waals surface area contributed by atoms with Crippen molar-refractivity contribution in [2.75, 3.05) is 31.3 Å². The third-order valence-electron chi connectivity index (χ3n) is 7.84. The second-order valence-electron chi connectivity index (χ2n) is 11.2. The standard InChI is InChI=1S/C38H30N2O6S2/c1-23-3-10-27(11-4-23)40(28-12-5-24(2)6-13-28)29-14-7-25(8-15-29)9-16-30-32-34(45-19-17-43-32)36(47-30)37-35-33(44-18-20-46-35)31(48-37)21-26(22-39)38(41)42/h3-16,21H,17-20H2,1-2H3,(H,41,42)/b16-9+,26-21+. The van der Waals surface area contributed by atoms with Crippen molar-refractivity contribution in [1.82, 2.24) is 0 Å². The van der Waals surface area contributed by atoms with Gasteiger partial charge in [-0.25, -0.2) is 4.79 Å². The van der Waals surface area contributed by atoms with Crippen molar-refractivity contribution in [1.29, 1.82) is 5.26 Å². The van der Waals surface area contributed by atoms with E-state index in [9.17, 15) is 15.2 Å². The van der Waals surface area contributed by atoms with E-state index >= 15 is 0 Å². The van der Waals surface area contributed by atoms with Gasteiger partial charge in [-0.3, -0.25) is 0 Å². The van der Waals surface area contributed by atoms with Crippen molar-refractivity contribution >= 4 is 63.9 Å². The molecule has 48 heavy (non-hydrogen) atoms. The molecular formula is C38H30N2O6S2. The number of nitriles is 1. The summed E-state index contributed by atoms with van der Waals surface area (Å²) in [6.07, 6.45) is 5.39. The molecule has 8 nitrogen and oxygen atoms in total. The minimum atomic E-state index is -1.30. The second kappa shape index (κ2) is 13.3. The summed E-state index contributed by atoms with van der Waals surface area (Å²) in [6.45, 7) is 5.67. The molecule has 0 aliphatic carbocycles. The van der Waals surface area contributed by atoms with Gasteiger partial charge in [0.05, 0.1) is 19.5 Å². The van der Waals surface area contributed by atoms with Gasteiger partial charge in [0.1, 0.15) is 38.1 Å². The molecule has 2 aliphatic heterocycles. The molecule has 3 aromatic carbocycles. The lowest BCUT2D eigenvalue weighted by atomic mass is 10.1. The van der Waals surface area contributed by atoms with Gasteiger partial charge in [-0.1, -0.05) is 53.6 Å². The fourth-order valence-electron chi connectivity index (χ4n) is 5.46. The van der Waals surface area contributed by atoms with Gasteiger partial charge < -0.3 is 29.0 Å². The van der Waals surface area contributed by atoms with Crippen LogP contribution in [0, 0.1) is 25.2 Å². The molecule has 0 amide bonds. The van der Waals surface area contributed by atoms with Crippen molar-refractivity contribution in [3.05, 3.63) is 105 Å². The van der Waals surface area contributed by atoms with Crippen LogP contribution in [0.2, 0.25) is 0 Å². The number of nitrogens with zero attached hydrogens (tertiary/aromatic N) is 2. The van der Waals surface area contributed by atoms with Gasteiger partial charge in [-0.05, 0) is 68.0 Å². The van der Waals surface area contributed by atoms with Crippen LogP contribution in [0.1, 0.15) is 26.4 Å². The zero-order valence-electron chi connectivity index (χ0n) is 26.2. The van der Waals surface area contributed by atoms with E-state index < -0.39 is 5.97 Å². The Bertz CT molecular complexity index is 2040. The van der Waals surface area contributed by atoms with Crippen LogP contribution in [0.4, 0.5) is 17.1 Å². The molecule has 10 heteroatoms. The van der Waals surface area contributed by atoms with Gasteiger partial charge in [0.2, 0.25) is 0 Å². The highest BCUT2D eigenvalue weighted by Crippen LogP contribution is 2.58. The van der Waals surface area contributed by atoms with E-state index in [-0.39, 0.29) is 5.57 Å². The second-order valence-corrected chi connectivity index (χ2v) is 13.3. The lowest BCUT2D eigenvalue weighted by Gasteiger charge is -2.25. The van der Waals surface area contributed by atoms with Gasteiger partial charge in [0.25, 0.3) is 0 Å². The first-order chi connectivity index (χ1) is 23.4. The molecule has 0 saturated carbocycles. The van der Waals surface area contributed by atoms with Crippen molar-refractivity contribution in [3.63, 3.8) is 0 Å². The molecule has 0 radical (unpaired) electrons. The number of aliphatic carboxylic acids is 1. The van der Waals surface area contributed by atoms with Crippen molar-refractivity contribution < 1.29 is 28.8 Å². The molecule has 4 heterocycles. The number of rotatable bonds is 8. The lowest BCUT2D eigenvalue weighted by Crippen LogP contribution is -2.15. The Kier molecular flexibility index (Phi) is 8.63. The van der Waals surface area contributed by atoms with Crippen molar-refractivity contribution in [2.24, 2.45) is 0 Å². The van der Waals surface area contributed by atoms with Gasteiger partial charge >= 0.3 is 5.97 Å². The zero-order valence-corrected chi connectivity index (χ0v) is 27.8. The Morgan fingerprint density at radius 1 is 0.688 bits per heavy atom. The zero-order chi connectivity index (χ0) is 33.2. The molecule has 240 valence electrons. The molecule has 7 rings (SSSR count). The molecule has 0 bridgehead atoms. The SMILES string of the molecule is Cc1ccc(N(c2ccc(C)cc2)c2ccc(/C=C/c3sc(-c4sc(/C=C(\C#N)C(=O)O)c5c4OCCO5)c4c3OCCO4)cc2)cc1. The Morgan fingerprint density at radius 3 is 1.60 bits per heavy atom. The number of anilines is 3. The molecule has 5 aromatic rings. The third kappa shape index (κ3) is 6.13. The summed E-state index contributed by atoms with van der Waals surface area (Å²) >= 11 is 2.79. The Balaban J connectivity index is 1.22. The number of ether oxygens (including phenoxy) is 4. The number of thiophene rings is 2. The van der Waals surface area contributed by atoms with Crippen LogP contribution in [0.5, 0.6) is 23.0 Å². The summed E-state index contributed by atoms with van der Waals surface area (Å²) in [5, 5.41) is 18.8. The Labute approximate surface area is 285 Å². The highest BCUT2D eigenvalue weighted by atomic mass is 32.1. The van der Waals surface area contributed by atoms with Crippen LogP contribution >= 0.6 is 22.7 Å². The fraction of sp³-hybridized carbons (Fsp3) is 0.158. The number of carbonyl (C=O) groups is 1. The molecule has 2 aromatic heterocycles. The maximum atomic E-state index is 11.6. The average Bonchev–Trinajstić information content (AvgIpc) is 3.66. The van der Waals surface area contributed by atoms with Gasteiger partial charge in [-0.2, -0.15) is 5.26 Å². The topological polar surface area (TPSA) is 101 Å². The summed E-state index contributed by atoms with van der Waals surface area (Å²) < 4.78 is 24.1. The van der Waals surface area contributed by atoms with Gasteiger partial charge in [0.15, 0.2) is 23.0 Å². The van der Waals surface area contributed by atoms with Crippen LogP contribution < -0.4 is 23.8 Å². The monoisotopic (exact) mass is 674 g/mol. The van der Waals surface area contributed by atoms with Crippen LogP contribution in [-0.2, 0) is 4.79 Å². The maximum absolute atomic E-state index is 11.6. The third-order valence-corrected chi connectivity index (χ3v) is 10.2. The van der Waals surface area contributed by atoms with Gasteiger partial charge in [-0.15, -0.1) is 22.7 Å². The number of carboxylic acid groups (broad SMARTS) is 1. The predicted octanol–water partition coefficient (Wildman–Crippen LogP) is 9.27. The molecule has 1 N–H and O–H groups in total. The summed E-state index contributed by atoms with van der Waals surface area (Å²) in [6, 6.07) is 27.2. The number of benzene rings is 3. The van der Waals surface area contributed by atoms with Crippen molar-refractivity contribution in [2.45, 2.75) is 13.8 Å². The molecule has 2 aliphatic rings. The quantitative estimate of drug-likeness (QED) is 0.128. The van der Waals surface area contributed by atoms with E-state index in [1.54, 1.807) is 6.07 Å². The predicted molar refractivity (Wildman–Crippen MR) is 190 cm³/mol. The highest BCUT2D eigenvalue weighted by Gasteiger charge is 2.32. The molecule has 0 atom stereocenters. The number of hydrogen-bond donors (Lipinski definition) is 1. The van der Waals surface area contributed by atoms with E-state index in [1.165, 1.54) is 39.9 Å². The Hall–Kier alpha value is -5.50. The number of hydrogen-bond acceptors (Lipinski definition) is 9. The average molecular weight is 675 g/mol. The molecule has 0 fully saturated rings. The molecule has 0 unspecified atom stereocenters. The minimum Gasteiger partial charge on any atom is -0.485 e. The summed E-state index contributed by atoms with van der Waals surface area (Å²) in [4.78, 5) is 16.7. The van der Waals surface area contributed by atoms with Gasteiger partial charge in [0, 0.05) is 17.1 Å². The largest absolute Gasteiger partial charge is 0.485 e.